The number of primary amides is 1. The molecule has 5 nitrogen and oxygen atoms in total. The van der Waals surface area contributed by atoms with Gasteiger partial charge in [0.05, 0.1) is 5.60 Å². The van der Waals surface area contributed by atoms with Crippen LogP contribution in [0.3, 0.4) is 0 Å². The van der Waals surface area contributed by atoms with E-state index < -0.39 is 11.5 Å². The minimum atomic E-state index is -0.938. The van der Waals surface area contributed by atoms with Crippen molar-refractivity contribution in [3.05, 3.63) is 35.4 Å². The van der Waals surface area contributed by atoms with Crippen molar-refractivity contribution < 1.29 is 14.6 Å². The predicted molar refractivity (Wildman–Crippen MR) is 90.2 cm³/mol. The summed E-state index contributed by atoms with van der Waals surface area (Å²) in [5, 5.41) is 14.9. The van der Waals surface area contributed by atoms with E-state index in [1.807, 2.05) is 6.07 Å². The fourth-order valence-corrected chi connectivity index (χ4v) is 3.43. The first-order chi connectivity index (χ1) is 11.1. The summed E-state index contributed by atoms with van der Waals surface area (Å²) in [5.41, 5.74) is 5.69. The third kappa shape index (κ3) is 4.53. The van der Waals surface area contributed by atoms with E-state index in [2.05, 4.69) is 5.32 Å². The molecule has 1 aliphatic rings. The molecule has 0 saturated carbocycles. The van der Waals surface area contributed by atoms with Gasteiger partial charge in [-0.05, 0) is 56.3 Å². The molecule has 1 heterocycles. The van der Waals surface area contributed by atoms with Crippen molar-refractivity contribution in [3.8, 4) is 0 Å². The molecule has 0 unspecified atom stereocenters. The van der Waals surface area contributed by atoms with E-state index in [0.717, 1.165) is 44.3 Å². The maximum absolute atomic E-state index is 11.5. The number of unbranched alkanes of at least 4 members (excludes halogenated alkanes) is 1. The molecule has 0 spiro atoms. The highest BCUT2D eigenvalue weighted by molar-refractivity contribution is 5.92. The first-order valence-electron chi connectivity index (χ1n) is 8.40. The molecule has 0 bridgehead atoms. The second kappa shape index (κ2) is 8.43. The number of rotatable bonds is 8. The number of carbonyl (C=O) groups excluding carboxylic acids is 1. The van der Waals surface area contributed by atoms with Gasteiger partial charge in [-0.25, -0.2) is 0 Å². The van der Waals surface area contributed by atoms with Crippen LogP contribution in [-0.4, -0.2) is 37.8 Å². The molecule has 2 rings (SSSR count). The number of hydrogen-bond donors (Lipinski definition) is 3. The molecule has 0 aromatic heterocycles. The molecule has 128 valence electrons. The molecule has 5 heteroatoms. The normalized spacial score (nSPS) is 20.9. The van der Waals surface area contributed by atoms with Gasteiger partial charge in [0.1, 0.15) is 0 Å². The lowest BCUT2D eigenvalue weighted by atomic mass is 9.74. The van der Waals surface area contributed by atoms with Gasteiger partial charge in [0.2, 0.25) is 5.91 Å². The van der Waals surface area contributed by atoms with Crippen LogP contribution in [0.1, 0.15) is 48.0 Å². The van der Waals surface area contributed by atoms with Crippen LogP contribution in [0.15, 0.2) is 24.3 Å². The maximum atomic E-state index is 11.5. The molecule has 2 atom stereocenters. The van der Waals surface area contributed by atoms with Gasteiger partial charge in [-0.3, -0.25) is 4.79 Å². The van der Waals surface area contributed by atoms with Crippen LogP contribution in [0.4, 0.5) is 0 Å². The Kier molecular flexibility index (Phi) is 6.57. The van der Waals surface area contributed by atoms with Crippen LogP contribution < -0.4 is 11.1 Å². The zero-order valence-corrected chi connectivity index (χ0v) is 13.9. The second-order valence-electron chi connectivity index (χ2n) is 6.36. The van der Waals surface area contributed by atoms with Crippen LogP contribution >= 0.6 is 0 Å². The largest absolute Gasteiger partial charge is 0.385 e. The topological polar surface area (TPSA) is 84.6 Å². The molecule has 1 saturated heterocycles. The Morgan fingerprint density at radius 2 is 2.30 bits per heavy atom. The highest BCUT2D eigenvalue weighted by atomic mass is 16.5. The molecule has 0 aliphatic carbocycles. The summed E-state index contributed by atoms with van der Waals surface area (Å²) in [4.78, 5) is 11.5. The molecule has 4 N–H and O–H groups in total. The highest BCUT2D eigenvalue weighted by Gasteiger charge is 2.38. The number of nitrogens with one attached hydrogen (secondary N) is 1. The number of nitrogens with two attached hydrogens (primary N) is 1. The van der Waals surface area contributed by atoms with E-state index in [0.29, 0.717) is 18.6 Å². The van der Waals surface area contributed by atoms with E-state index in [-0.39, 0.29) is 5.92 Å². The van der Waals surface area contributed by atoms with Crippen molar-refractivity contribution in [1.82, 2.24) is 5.32 Å². The van der Waals surface area contributed by atoms with Crippen LogP contribution in [0.25, 0.3) is 0 Å². The number of hydrogen-bond acceptors (Lipinski definition) is 4. The fraction of sp³-hybridized carbons (Fsp3) is 0.611. The van der Waals surface area contributed by atoms with Crippen LogP contribution in [0, 0.1) is 5.92 Å². The summed E-state index contributed by atoms with van der Waals surface area (Å²) in [6, 6.07) is 7.13. The Balaban J connectivity index is 2.24. The van der Waals surface area contributed by atoms with Gasteiger partial charge in [0, 0.05) is 31.7 Å². The van der Waals surface area contributed by atoms with Crippen LogP contribution in [-0.2, 0) is 10.3 Å². The number of ether oxygens (including phenoxy) is 1. The molecule has 1 amide bonds. The summed E-state index contributed by atoms with van der Waals surface area (Å²) >= 11 is 0. The van der Waals surface area contributed by atoms with Crippen LogP contribution in [0.5, 0.6) is 0 Å². The lowest BCUT2D eigenvalue weighted by Gasteiger charge is -2.39. The first-order valence-corrected chi connectivity index (χ1v) is 8.40. The molecule has 1 aromatic carbocycles. The number of carbonyl (C=O) groups is 1. The lowest BCUT2D eigenvalue weighted by molar-refractivity contribution is -0.0434. The van der Waals surface area contributed by atoms with Crippen molar-refractivity contribution in [2.75, 3.05) is 26.8 Å². The molecule has 1 fully saturated rings. The third-order valence-corrected chi connectivity index (χ3v) is 4.78. The van der Waals surface area contributed by atoms with E-state index in [1.54, 1.807) is 25.3 Å². The van der Waals surface area contributed by atoms with Gasteiger partial charge in [-0.1, -0.05) is 12.1 Å². The summed E-state index contributed by atoms with van der Waals surface area (Å²) in [7, 11) is 1.69. The molecule has 1 aliphatic heterocycles. The number of piperidine rings is 1. The van der Waals surface area contributed by atoms with E-state index in [4.69, 9.17) is 10.5 Å². The van der Waals surface area contributed by atoms with Crippen molar-refractivity contribution in [2.24, 2.45) is 11.7 Å². The first kappa shape index (κ1) is 17.9. The standard InChI is InChI=1S/C18H28N2O3/c1-23-11-3-2-9-18(22,16-8-5-10-20-13-16)15-7-4-6-14(12-15)17(19)21/h4,6-7,12,16,20,22H,2-3,5,8-11,13H2,1H3,(H2,19,21)/t16-,18+/m1/s1. The highest BCUT2D eigenvalue weighted by Crippen LogP contribution is 2.38. The number of amides is 1. The van der Waals surface area contributed by atoms with Gasteiger partial charge in [-0.2, -0.15) is 0 Å². The van der Waals surface area contributed by atoms with Crippen molar-refractivity contribution >= 4 is 5.91 Å². The third-order valence-electron chi connectivity index (χ3n) is 4.78. The van der Waals surface area contributed by atoms with Crippen LogP contribution in [0.2, 0.25) is 0 Å². The van der Waals surface area contributed by atoms with Gasteiger partial charge < -0.3 is 20.9 Å². The zero-order valence-electron chi connectivity index (χ0n) is 13.9. The summed E-state index contributed by atoms with van der Waals surface area (Å²) in [6.07, 6.45) is 4.48. The van der Waals surface area contributed by atoms with Crippen molar-refractivity contribution in [1.29, 1.82) is 0 Å². The van der Waals surface area contributed by atoms with E-state index in [9.17, 15) is 9.90 Å². The Morgan fingerprint density at radius 1 is 1.48 bits per heavy atom. The second-order valence-corrected chi connectivity index (χ2v) is 6.36. The van der Waals surface area contributed by atoms with E-state index >= 15 is 0 Å². The predicted octanol–water partition coefficient (Wildman–Crippen LogP) is 1.79. The number of aliphatic hydroxyl groups is 1. The van der Waals surface area contributed by atoms with Crippen molar-refractivity contribution in [2.45, 2.75) is 37.7 Å². The minimum Gasteiger partial charge on any atom is -0.385 e. The summed E-state index contributed by atoms with van der Waals surface area (Å²) in [6.45, 7) is 2.49. The summed E-state index contributed by atoms with van der Waals surface area (Å²) < 4.78 is 5.10. The average molecular weight is 320 g/mol. The van der Waals surface area contributed by atoms with Gasteiger partial charge in [-0.15, -0.1) is 0 Å². The lowest BCUT2D eigenvalue weighted by Crippen LogP contribution is -2.44. The minimum absolute atomic E-state index is 0.141. The van der Waals surface area contributed by atoms with Gasteiger partial charge in [0.15, 0.2) is 0 Å². The average Bonchev–Trinajstić information content (AvgIpc) is 2.59. The Morgan fingerprint density at radius 3 is 2.96 bits per heavy atom. The van der Waals surface area contributed by atoms with Crippen molar-refractivity contribution in [3.63, 3.8) is 0 Å². The SMILES string of the molecule is COCCCC[C@](O)(c1cccc(C(N)=O)c1)[C@@H]1CCCNC1. The molecular formula is C18H28N2O3. The molecule has 23 heavy (non-hydrogen) atoms. The molecule has 0 radical (unpaired) electrons. The van der Waals surface area contributed by atoms with E-state index in [1.165, 1.54) is 0 Å². The molecule has 1 aromatic rings. The number of methoxy groups -OCH3 is 1. The van der Waals surface area contributed by atoms with Gasteiger partial charge >= 0.3 is 0 Å². The number of benzene rings is 1. The zero-order chi connectivity index (χ0) is 16.7. The Bertz CT molecular complexity index is 515. The maximum Gasteiger partial charge on any atom is 0.248 e. The fourth-order valence-electron chi connectivity index (χ4n) is 3.43. The summed E-state index contributed by atoms with van der Waals surface area (Å²) in [5.74, 6) is -0.322. The Labute approximate surface area is 138 Å². The molecular weight excluding hydrogens is 292 g/mol. The smallest absolute Gasteiger partial charge is 0.248 e. The van der Waals surface area contributed by atoms with Gasteiger partial charge in [0.25, 0.3) is 0 Å². The monoisotopic (exact) mass is 320 g/mol. The quantitative estimate of drug-likeness (QED) is 0.638. The Hall–Kier alpha value is -1.43.